The van der Waals surface area contributed by atoms with Crippen molar-refractivity contribution in [2.45, 2.75) is 6.42 Å². The normalized spacial score (nSPS) is 19.7. The third-order valence-corrected chi connectivity index (χ3v) is 0.716. The first kappa shape index (κ1) is 3.72. The molecule has 0 atom stereocenters. The molecule has 1 heterocycles. The van der Waals surface area contributed by atoms with E-state index < -0.39 is 0 Å². The second-order valence-electron chi connectivity index (χ2n) is 1.26. The Hall–Kier alpha value is -0.465. The Morgan fingerprint density at radius 3 is 2.83 bits per heavy atom. The molecule has 2 nitrogen and oxygen atoms in total. The summed E-state index contributed by atoms with van der Waals surface area (Å²) in [5.41, 5.74) is 3.45. The van der Waals surface area contributed by atoms with Gasteiger partial charge in [0.25, 0.3) is 0 Å². The van der Waals surface area contributed by atoms with Crippen LogP contribution in [0.3, 0.4) is 0 Å². The van der Waals surface area contributed by atoms with Gasteiger partial charge in [0, 0.05) is 6.54 Å². The minimum Gasteiger partial charge on any atom is -0.311 e. The van der Waals surface area contributed by atoms with E-state index >= 15 is 0 Å². The number of rotatable bonds is 0. The molecular weight excluding hydrogens is 74.9 g/mol. The van der Waals surface area contributed by atoms with E-state index in [1.165, 1.54) is 0 Å². The van der Waals surface area contributed by atoms with E-state index in [0.717, 1.165) is 18.6 Å². The molecular formula is C3H5BN2. The first-order valence-corrected chi connectivity index (χ1v) is 1.94. The molecule has 3 heteroatoms. The summed E-state index contributed by atoms with van der Waals surface area (Å²) in [6, 6.07) is 0. The molecule has 0 amide bonds. The Morgan fingerprint density at radius 2 is 2.67 bits per heavy atom. The van der Waals surface area contributed by atoms with Gasteiger partial charge in [-0.1, -0.05) is 0 Å². The maximum Gasteiger partial charge on any atom is 0.138 e. The van der Waals surface area contributed by atoms with Crippen molar-refractivity contribution >= 4 is 13.5 Å². The molecule has 0 aromatic heterocycles. The van der Waals surface area contributed by atoms with Crippen molar-refractivity contribution in [3.05, 3.63) is 0 Å². The highest BCUT2D eigenvalue weighted by molar-refractivity contribution is 6.59. The van der Waals surface area contributed by atoms with Crippen molar-refractivity contribution in [2.75, 3.05) is 6.54 Å². The Morgan fingerprint density at radius 1 is 1.83 bits per heavy atom. The van der Waals surface area contributed by atoms with Crippen molar-refractivity contribution in [1.82, 2.24) is 5.43 Å². The van der Waals surface area contributed by atoms with Crippen molar-refractivity contribution in [3.8, 4) is 0 Å². The average molecular weight is 79.9 g/mol. The predicted octanol–water partition coefficient (Wildman–Crippen LogP) is -0.538. The molecule has 0 bridgehead atoms. The second-order valence-corrected chi connectivity index (χ2v) is 1.26. The van der Waals surface area contributed by atoms with E-state index in [9.17, 15) is 0 Å². The number of nitrogens with zero attached hydrogens (tertiary/aromatic N) is 1. The van der Waals surface area contributed by atoms with Crippen LogP contribution < -0.4 is 5.43 Å². The van der Waals surface area contributed by atoms with Crippen molar-refractivity contribution in [3.63, 3.8) is 0 Å². The minimum atomic E-state index is 0.718. The maximum atomic E-state index is 5.22. The third-order valence-electron chi connectivity index (χ3n) is 0.716. The van der Waals surface area contributed by atoms with Crippen molar-refractivity contribution in [2.24, 2.45) is 5.10 Å². The zero-order chi connectivity index (χ0) is 4.41. The SMILES string of the molecule is [B]C1=NNCC1. The largest absolute Gasteiger partial charge is 0.311 e. The van der Waals surface area contributed by atoms with Crippen LogP contribution in [0, 0.1) is 0 Å². The van der Waals surface area contributed by atoms with Gasteiger partial charge < -0.3 is 5.43 Å². The first-order chi connectivity index (χ1) is 2.89. The summed E-state index contributed by atoms with van der Waals surface area (Å²) in [7, 11) is 5.22. The average Bonchev–Trinajstić information content (AvgIpc) is 1.86. The predicted molar refractivity (Wildman–Crippen MR) is 25.8 cm³/mol. The van der Waals surface area contributed by atoms with Gasteiger partial charge in [0.1, 0.15) is 7.85 Å². The second kappa shape index (κ2) is 1.33. The fraction of sp³-hybridized carbons (Fsp3) is 0.667. The summed E-state index contributed by atoms with van der Waals surface area (Å²) >= 11 is 0. The fourth-order valence-corrected chi connectivity index (χ4v) is 0.397. The highest BCUT2D eigenvalue weighted by atomic mass is 15.3. The van der Waals surface area contributed by atoms with E-state index in [-0.39, 0.29) is 0 Å². The van der Waals surface area contributed by atoms with Crippen LogP contribution in [0.5, 0.6) is 0 Å². The Bertz CT molecular complexity index is 78.9. The molecule has 1 aliphatic heterocycles. The summed E-state index contributed by atoms with van der Waals surface area (Å²) in [6.07, 6.45) is 0.903. The number of hydrogen-bond acceptors (Lipinski definition) is 2. The van der Waals surface area contributed by atoms with Crippen molar-refractivity contribution in [1.29, 1.82) is 0 Å². The van der Waals surface area contributed by atoms with Crippen molar-refractivity contribution < 1.29 is 0 Å². The van der Waals surface area contributed by atoms with E-state index in [1.54, 1.807) is 0 Å². The molecule has 0 fully saturated rings. The van der Waals surface area contributed by atoms with Crippen LogP contribution in [0.4, 0.5) is 0 Å². The van der Waals surface area contributed by atoms with Crippen LogP contribution >= 0.6 is 0 Å². The lowest BCUT2D eigenvalue weighted by Crippen LogP contribution is -1.96. The Labute approximate surface area is 38.0 Å². The fourth-order valence-electron chi connectivity index (χ4n) is 0.397. The molecule has 1 N–H and O–H groups in total. The van der Waals surface area contributed by atoms with E-state index in [0.29, 0.717) is 0 Å². The lowest BCUT2D eigenvalue weighted by Gasteiger charge is -1.76. The zero-order valence-electron chi connectivity index (χ0n) is 3.44. The monoisotopic (exact) mass is 80.1 g/mol. The van der Waals surface area contributed by atoms with Crippen LogP contribution in [0.25, 0.3) is 0 Å². The van der Waals surface area contributed by atoms with Crippen LogP contribution in [-0.4, -0.2) is 20.0 Å². The summed E-state index contributed by atoms with van der Waals surface area (Å²) in [5, 5.41) is 3.68. The highest BCUT2D eigenvalue weighted by Gasteiger charge is 1.94. The Kier molecular flexibility index (Phi) is 0.822. The maximum absolute atomic E-state index is 5.22. The van der Waals surface area contributed by atoms with Gasteiger partial charge in [-0.05, 0) is 12.0 Å². The molecule has 0 saturated heterocycles. The lowest BCUT2D eigenvalue weighted by atomic mass is 10.00. The molecule has 0 aliphatic carbocycles. The van der Waals surface area contributed by atoms with Gasteiger partial charge in [-0.15, -0.1) is 0 Å². The van der Waals surface area contributed by atoms with E-state index in [4.69, 9.17) is 7.85 Å². The molecule has 0 aromatic carbocycles. The first-order valence-electron chi connectivity index (χ1n) is 1.94. The Balaban J connectivity index is 2.45. The molecule has 2 radical (unpaired) electrons. The molecule has 1 aliphatic rings. The van der Waals surface area contributed by atoms with E-state index in [2.05, 4.69) is 10.5 Å². The summed E-state index contributed by atoms with van der Waals surface area (Å²) in [5.74, 6) is 0. The summed E-state index contributed by atoms with van der Waals surface area (Å²) in [6.45, 7) is 0.909. The molecule has 0 saturated carbocycles. The lowest BCUT2D eigenvalue weighted by molar-refractivity contribution is 0.813. The molecule has 0 unspecified atom stereocenters. The standard InChI is InChI=1S/C3H5BN2/c4-3-1-2-5-6-3/h5H,1-2H2. The highest BCUT2D eigenvalue weighted by Crippen LogP contribution is 1.85. The van der Waals surface area contributed by atoms with Gasteiger partial charge in [0.05, 0.1) is 0 Å². The van der Waals surface area contributed by atoms with Crippen LogP contribution in [0.2, 0.25) is 0 Å². The molecule has 30 valence electrons. The molecule has 1 rings (SSSR count). The van der Waals surface area contributed by atoms with Gasteiger partial charge in [-0.25, -0.2) is 5.10 Å². The van der Waals surface area contributed by atoms with Crippen LogP contribution in [0.1, 0.15) is 6.42 Å². The number of hydrogen-bond donors (Lipinski definition) is 1. The number of hydrazone groups is 1. The van der Waals surface area contributed by atoms with Gasteiger partial charge in [-0.3, -0.25) is 0 Å². The molecule has 0 aromatic rings. The van der Waals surface area contributed by atoms with Gasteiger partial charge in [-0.2, -0.15) is 0 Å². The van der Waals surface area contributed by atoms with Gasteiger partial charge in [0.15, 0.2) is 0 Å². The summed E-state index contributed by atoms with van der Waals surface area (Å²) < 4.78 is 0. The van der Waals surface area contributed by atoms with Gasteiger partial charge in [0.2, 0.25) is 0 Å². The number of nitrogens with one attached hydrogen (secondary N) is 1. The topological polar surface area (TPSA) is 24.4 Å². The zero-order valence-corrected chi connectivity index (χ0v) is 3.44. The van der Waals surface area contributed by atoms with Crippen LogP contribution in [0.15, 0.2) is 5.10 Å². The van der Waals surface area contributed by atoms with Gasteiger partial charge >= 0.3 is 0 Å². The summed E-state index contributed by atoms with van der Waals surface area (Å²) in [4.78, 5) is 0. The quantitative estimate of drug-likeness (QED) is 0.388. The minimum absolute atomic E-state index is 0.718. The molecule has 6 heavy (non-hydrogen) atoms. The smallest absolute Gasteiger partial charge is 0.138 e. The van der Waals surface area contributed by atoms with Crippen LogP contribution in [-0.2, 0) is 0 Å². The third kappa shape index (κ3) is 0.532. The molecule has 0 spiro atoms. The van der Waals surface area contributed by atoms with E-state index in [1.807, 2.05) is 0 Å².